The van der Waals surface area contributed by atoms with E-state index < -0.39 is 17.8 Å². The molecule has 0 amide bonds. The lowest BCUT2D eigenvalue weighted by atomic mass is 10.1. The number of pyridine rings is 1. The molecule has 0 radical (unpaired) electrons. The van der Waals surface area contributed by atoms with Gasteiger partial charge < -0.3 is 16.3 Å². The Morgan fingerprint density at radius 2 is 1.87 bits per heavy atom. The average Bonchev–Trinajstić information content (AvgIpc) is 2.75. The normalized spacial score (nSPS) is 13.2. The molecule has 0 bridgehead atoms. The molecule has 3 aromatic rings. The molecule has 162 valence electrons. The molecule has 0 unspecified atom stereocenters. The van der Waals surface area contributed by atoms with Crippen molar-refractivity contribution in [2.75, 3.05) is 6.61 Å². The maximum Gasteiger partial charge on any atom is 0.416 e. The van der Waals surface area contributed by atoms with Gasteiger partial charge in [0.25, 0.3) is 5.23 Å². The van der Waals surface area contributed by atoms with Gasteiger partial charge in [0.1, 0.15) is 6.61 Å². The van der Waals surface area contributed by atoms with E-state index in [4.69, 9.17) is 16.3 Å². The lowest BCUT2D eigenvalue weighted by molar-refractivity contribution is -0.137. The number of benzene rings is 2. The quantitative estimate of drug-likeness (QED) is 0.246. The van der Waals surface area contributed by atoms with Crippen molar-refractivity contribution in [1.29, 1.82) is 0 Å². The molecular weight excluding hydrogens is 425 g/mol. The van der Waals surface area contributed by atoms with Crippen LogP contribution in [-0.2, 0) is 17.3 Å². The third kappa shape index (κ3) is 6.22. The van der Waals surface area contributed by atoms with Crippen LogP contribution in [0.15, 0.2) is 72.6 Å². The maximum atomic E-state index is 12.7. The molecule has 0 fully saturated rings. The summed E-state index contributed by atoms with van der Waals surface area (Å²) in [7, 11) is 0. The summed E-state index contributed by atoms with van der Waals surface area (Å²) >= 11 is 1.17. The maximum absolute atomic E-state index is 12.7. The van der Waals surface area contributed by atoms with Crippen LogP contribution in [0.3, 0.4) is 0 Å². The number of hydrazone groups is 1. The van der Waals surface area contributed by atoms with E-state index in [0.717, 1.165) is 28.5 Å². The number of fused-ring (bicyclic) bond motifs is 1. The minimum atomic E-state index is -4.36. The Kier molecular flexibility index (Phi) is 7.19. The number of thioether (sulfide) groups is 1. The number of halogens is 3. The second kappa shape index (κ2) is 9.84. The molecule has 2 aromatic carbocycles. The predicted octanol–water partition coefficient (Wildman–Crippen LogP) is 4.77. The van der Waals surface area contributed by atoms with Crippen LogP contribution in [-0.4, -0.2) is 22.9 Å². The summed E-state index contributed by atoms with van der Waals surface area (Å²) in [5.41, 5.74) is 6.93. The summed E-state index contributed by atoms with van der Waals surface area (Å²) in [5, 5.41) is 5.88. The van der Waals surface area contributed by atoms with E-state index >= 15 is 0 Å². The van der Waals surface area contributed by atoms with Crippen LogP contribution in [0.5, 0.6) is 0 Å². The number of alkyl halides is 3. The average molecular weight is 446 g/mol. The molecule has 4 N–H and O–H groups in total. The first kappa shape index (κ1) is 22.6. The lowest BCUT2D eigenvalue weighted by Gasteiger charge is -2.15. The third-order valence-electron chi connectivity index (χ3n) is 4.48. The van der Waals surface area contributed by atoms with Gasteiger partial charge in [0.05, 0.1) is 5.56 Å². The number of hydrogen-bond donors (Lipinski definition) is 2. The molecule has 0 spiro atoms. The zero-order chi connectivity index (χ0) is 22.4. The summed E-state index contributed by atoms with van der Waals surface area (Å²) in [6, 6.07) is 12.2. The van der Waals surface area contributed by atoms with E-state index in [1.54, 1.807) is 12.4 Å². The zero-order valence-corrected chi connectivity index (χ0v) is 17.3. The molecule has 3 rings (SSSR count). The van der Waals surface area contributed by atoms with Gasteiger partial charge in [0.2, 0.25) is 0 Å². The van der Waals surface area contributed by atoms with Crippen LogP contribution >= 0.6 is 11.8 Å². The Labute approximate surface area is 182 Å². The second-order valence-electron chi connectivity index (χ2n) is 6.83. The second-order valence-corrected chi connectivity index (χ2v) is 7.87. The van der Waals surface area contributed by atoms with Crippen molar-refractivity contribution in [3.8, 4) is 0 Å². The molecule has 0 aliphatic heterocycles. The highest BCUT2D eigenvalue weighted by Gasteiger charge is 2.29. The van der Waals surface area contributed by atoms with Gasteiger partial charge in [0.15, 0.2) is 0 Å². The molecule has 5 nitrogen and oxygen atoms in total. The fourth-order valence-electron chi connectivity index (χ4n) is 2.88. The van der Waals surface area contributed by atoms with Gasteiger partial charge in [-0.1, -0.05) is 30.8 Å². The third-order valence-corrected chi connectivity index (χ3v) is 5.36. The summed E-state index contributed by atoms with van der Waals surface area (Å²) in [6.45, 7) is 4.15. The van der Waals surface area contributed by atoms with E-state index in [1.165, 1.54) is 23.9 Å². The monoisotopic (exact) mass is 446 g/mol. The topological polar surface area (TPSA) is 86.5 Å². The van der Waals surface area contributed by atoms with Crippen molar-refractivity contribution in [2.24, 2.45) is 16.7 Å². The number of rotatable bonds is 6. The summed E-state index contributed by atoms with van der Waals surface area (Å²) < 4.78 is 43.6. The molecule has 1 aromatic heterocycles. The largest absolute Gasteiger partial charge is 0.470 e. The summed E-state index contributed by atoms with van der Waals surface area (Å²) in [5.74, 6) is 5.43. The van der Waals surface area contributed by atoms with Gasteiger partial charge in [-0.15, -0.1) is 5.10 Å². The van der Waals surface area contributed by atoms with Gasteiger partial charge in [-0.2, -0.15) is 13.2 Å². The molecule has 1 atom stereocenters. The Balaban J connectivity index is 1.54. The van der Waals surface area contributed by atoms with Crippen molar-refractivity contribution >= 4 is 32.7 Å². The summed E-state index contributed by atoms with van der Waals surface area (Å²) in [6.07, 6.45) is -0.517. The van der Waals surface area contributed by atoms with Gasteiger partial charge in [-0.3, -0.25) is 4.98 Å². The molecule has 31 heavy (non-hydrogen) atoms. The Morgan fingerprint density at radius 1 is 1.13 bits per heavy atom. The first-order chi connectivity index (χ1) is 14.8. The molecular formula is C22H21F3N4OS. The number of aromatic nitrogens is 1. The molecule has 9 heteroatoms. The number of ether oxygens (including phenoxy) is 1. The first-order valence-electron chi connectivity index (χ1n) is 9.29. The fraction of sp³-hybridized carbons (Fsp3) is 0.182. The predicted molar refractivity (Wildman–Crippen MR) is 119 cm³/mol. The minimum Gasteiger partial charge on any atom is -0.470 e. The number of hydrogen-bond acceptors (Lipinski definition) is 6. The van der Waals surface area contributed by atoms with Crippen molar-refractivity contribution < 1.29 is 17.9 Å². The van der Waals surface area contributed by atoms with E-state index in [2.05, 4.69) is 16.7 Å². The number of nitrogens with zero attached hydrogens (tertiary/aromatic N) is 2. The van der Waals surface area contributed by atoms with E-state index in [-0.39, 0.29) is 11.8 Å². The van der Waals surface area contributed by atoms with Crippen molar-refractivity contribution in [1.82, 2.24) is 4.98 Å². The van der Waals surface area contributed by atoms with Gasteiger partial charge in [0, 0.05) is 28.7 Å². The van der Waals surface area contributed by atoms with E-state index in [1.807, 2.05) is 24.3 Å². The van der Waals surface area contributed by atoms with E-state index in [9.17, 15) is 13.2 Å². The highest BCUT2D eigenvalue weighted by molar-refractivity contribution is 8.21. The summed E-state index contributed by atoms with van der Waals surface area (Å²) in [4.78, 5) is 4.78. The highest BCUT2D eigenvalue weighted by atomic mass is 32.2. The van der Waals surface area contributed by atoms with Gasteiger partial charge >= 0.3 is 6.18 Å². The van der Waals surface area contributed by atoms with Gasteiger partial charge in [-0.05, 0) is 59.0 Å². The SMILES string of the molecule is C=C(S/C(=N\N)OC[C@@H](N)Cc1ccc(C(F)(F)F)cc1)c1ccc2cnccc2c1. The van der Waals surface area contributed by atoms with Crippen molar-refractivity contribution in [3.63, 3.8) is 0 Å². The Hall–Kier alpha value is -3.04. The van der Waals surface area contributed by atoms with Crippen LogP contribution in [0.1, 0.15) is 16.7 Å². The van der Waals surface area contributed by atoms with Crippen LogP contribution in [0.25, 0.3) is 15.7 Å². The van der Waals surface area contributed by atoms with Crippen molar-refractivity contribution in [3.05, 3.63) is 84.2 Å². The van der Waals surface area contributed by atoms with Crippen LogP contribution in [0.4, 0.5) is 13.2 Å². The highest BCUT2D eigenvalue weighted by Crippen LogP contribution is 2.30. The molecule has 0 saturated carbocycles. The van der Waals surface area contributed by atoms with Crippen LogP contribution in [0.2, 0.25) is 0 Å². The molecule has 0 aliphatic rings. The molecule has 0 aliphatic carbocycles. The van der Waals surface area contributed by atoms with Crippen molar-refractivity contribution in [2.45, 2.75) is 18.6 Å². The Bertz CT molecular complexity index is 1080. The standard InChI is InChI=1S/C22H21F3N4OS/c1-14(16-4-5-18-12-28-9-8-17(18)11-16)31-21(29-27)30-13-20(26)10-15-2-6-19(7-3-15)22(23,24)25/h2-9,11-12,20H,1,10,13,26-27H2/b29-21-/t20-/m0/s1. The fourth-order valence-corrected chi connectivity index (χ4v) is 3.52. The Morgan fingerprint density at radius 3 is 2.55 bits per heavy atom. The van der Waals surface area contributed by atoms with E-state index in [0.29, 0.717) is 16.9 Å². The van der Waals surface area contributed by atoms with Crippen LogP contribution in [0, 0.1) is 0 Å². The molecule has 1 heterocycles. The minimum absolute atomic E-state index is 0.0979. The van der Waals surface area contributed by atoms with Gasteiger partial charge in [-0.25, -0.2) is 0 Å². The first-order valence-corrected chi connectivity index (χ1v) is 10.1. The zero-order valence-electron chi connectivity index (χ0n) is 16.5. The molecule has 0 saturated heterocycles. The lowest BCUT2D eigenvalue weighted by Crippen LogP contribution is -2.29. The van der Waals surface area contributed by atoms with Crippen LogP contribution < -0.4 is 11.6 Å². The smallest absolute Gasteiger partial charge is 0.416 e. The number of nitrogens with two attached hydrogens (primary N) is 2.